The number of hydrogen-bond donors (Lipinski definition) is 2. The van der Waals surface area contributed by atoms with Crippen LogP contribution < -0.4 is 10.6 Å². The van der Waals surface area contributed by atoms with E-state index in [-0.39, 0.29) is 41.4 Å². The van der Waals surface area contributed by atoms with E-state index in [9.17, 15) is 9.59 Å². The summed E-state index contributed by atoms with van der Waals surface area (Å²) in [6.45, 7) is 4.13. The number of hydrogen-bond acceptors (Lipinski definition) is 4. The Balaban J connectivity index is 1.87. The summed E-state index contributed by atoms with van der Waals surface area (Å²) in [5, 5.41) is 5.72. The Hall–Kier alpha value is -1.69. The Morgan fingerprint density at radius 2 is 2.14 bits per heavy atom. The highest BCUT2D eigenvalue weighted by molar-refractivity contribution is 6.33. The number of rotatable bonds is 6. The van der Waals surface area contributed by atoms with Crippen LogP contribution in [0.1, 0.15) is 55.3 Å². The molecular formula is C14H19ClN4O2. The van der Waals surface area contributed by atoms with E-state index in [1.54, 1.807) is 0 Å². The lowest BCUT2D eigenvalue weighted by molar-refractivity contribution is -0.121. The lowest BCUT2D eigenvalue weighted by atomic mass is 10.2. The van der Waals surface area contributed by atoms with E-state index in [1.165, 1.54) is 6.20 Å². The van der Waals surface area contributed by atoms with Crippen LogP contribution in [0, 0.1) is 0 Å². The van der Waals surface area contributed by atoms with Crippen LogP contribution in [-0.2, 0) is 4.79 Å². The Kier molecular flexibility index (Phi) is 5.12. The molecular weight excluding hydrogens is 292 g/mol. The molecule has 2 amide bonds. The number of nitrogens with one attached hydrogen (secondary N) is 2. The molecule has 0 radical (unpaired) electrons. The first-order chi connectivity index (χ1) is 9.97. The van der Waals surface area contributed by atoms with Crippen LogP contribution in [0.3, 0.4) is 0 Å². The van der Waals surface area contributed by atoms with Gasteiger partial charge in [-0.15, -0.1) is 0 Å². The summed E-state index contributed by atoms with van der Waals surface area (Å²) in [5.74, 6) is 0.243. The van der Waals surface area contributed by atoms with E-state index in [4.69, 9.17) is 11.6 Å². The van der Waals surface area contributed by atoms with Crippen molar-refractivity contribution in [3.8, 4) is 0 Å². The third-order valence-corrected chi connectivity index (χ3v) is 3.35. The van der Waals surface area contributed by atoms with Gasteiger partial charge in [-0.05, 0) is 12.8 Å². The molecule has 21 heavy (non-hydrogen) atoms. The van der Waals surface area contributed by atoms with Gasteiger partial charge in [0.1, 0.15) is 11.5 Å². The van der Waals surface area contributed by atoms with E-state index in [1.807, 2.05) is 13.8 Å². The van der Waals surface area contributed by atoms with Crippen molar-refractivity contribution in [1.29, 1.82) is 0 Å². The van der Waals surface area contributed by atoms with Crippen LogP contribution in [-0.4, -0.2) is 34.4 Å². The molecule has 0 aromatic carbocycles. The first kappa shape index (κ1) is 15.7. The van der Waals surface area contributed by atoms with E-state index in [2.05, 4.69) is 20.6 Å². The first-order valence-electron chi connectivity index (χ1n) is 7.07. The second-order valence-corrected chi connectivity index (χ2v) is 5.83. The fourth-order valence-corrected chi connectivity index (χ4v) is 1.90. The highest BCUT2D eigenvalue weighted by Gasteiger charge is 2.23. The van der Waals surface area contributed by atoms with Gasteiger partial charge >= 0.3 is 0 Å². The molecule has 2 N–H and O–H groups in total. The van der Waals surface area contributed by atoms with E-state index in [0.717, 1.165) is 12.8 Å². The molecule has 1 saturated carbocycles. The van der Waals surface area contributed by atoms with E-state index in [0.29, 0.717) is 11.9 Å². The fourth-order valence-electron chi connectivity index (χ4n) is 1.72. The molecule has 1 aromatic rings. The van der Waals surface area contributed by atoms with Crippen molar-refractivity contribution in [2.75, 3.05) is 6.54 Å². The molecule has 1 aromatic heterocycles. The van der Waals surface area contributed by atoms with Crippen molar-refractivity contribution in [2.24, 2.45) is 0 Å². The number of carbonyl (C=O) groups excluding carboxylic acids is 2. The second kappa shape index (κ2) is 6.85. The van der Waals surface area contributed by atoms with Gasteiger partial charge < -0.3 is 10.6 Å². The van der Waals surface area contributed by atoms with Crippen LogP contribution in [0.5, 0.6) is 0 Å². The third kappa shape index (κ3) is 4.67. The molecule has 1 aliphatic rings. The quantitative estimate of drug-likeness (QED) is 0.837. The highest BCUT2D eigenvalue weighted by Crippen LogP contribution is 2.18. The summed E-state index contributed by atoms with van der Waals surface area (Å²) in [4.78, 5) is 31.8. The topological polar surface area (TPSA) is 84.0 Å². The molecule has 0 atom stereocenters. The lowest BCUT2D eigenvalue weighted by Gasteiger charge is -2.09. The first-order valence-corrected chi connectivity index (χ1v) is 7.45. The van der Waals surface area contributed by atoms with Crippen LogP contribution >= 0.6 is 11.6 Å². The minimum atomic E-state index is -0.386. The summed E-state index contributed by atoms with van der Waals surface area (Å²) < 4.78 is 0. The van der Waals surface area contributed by atoms with Gasteiger partial charge in [-0.3, -0.25) is 9.59 Å². The predicted octanol–water partition coefficient (Wildman–Crippen LogP) is 1.65. The average molecular weight is 311 g/mol. The minimum Gasteiger partial charge on any atom is -0.353 e. The SMILES string of the molecule is CC(C)c1ncc(Cl)c(C(=O)NCCC(=O)NC2CC2)n1. The van der Waals surface area contributed by atoms with Gasteiger partial charge in [0, 0.05) is 24.9 Å². The van der Waals surface area contributed by atoms with Gasteiger partial charge in [0.25, 0.3) is 5.91 Å². The number of amides is 2. The Morgan fingerprint density at radius 1 is 1.43 bits per heavy atom. The Labute approximate surface area is 128 Å². The number of carbonyl (C=O) groups is 2. The van der Waals surface area contributed by atoms with Crippen molar-refractivity contribution in [1.82, 2.24) is 20.6 Å². The monoisotopic (exact) mass is 310 g/mol. The molecule has 0 saturated heterocycles. The van der Waals surface area contributed by atoms with E-state index >= 15 is 0 Å². The average Bonchev–Trinajstić information content (AvgIpc) is 3.22. The van der Waals surface area contributed by atoms with Crippen molar-refractivity contribution in [3.05, 3.63) is 22.7 Å². The van der Waals surface area contributed by atoms with Gasteiger partial charge in [-0.2, -0.15) is 0 Å². The molecule has 7 heteroatoms. The molecule has 1 heterocycles. The van der Waals surface area contributed by atoms with Crippen molar-refractivity contribution >= 4 is 23.4 Å². The van der Waals surface area contributed by atoms with Gasteiger partial charge in [-0.25, -0.2) is 9.97 Å². The Morgan fingerprint density at radius 3 is 2.76 bits per heavy atom. The second-order valence-electron chi connectivity index (χ2n) is 5.43. The van der Waals surface area contributed by atoms with Crippen LogP contribution in [0.15, 0.2) is 6.20 Å². The summed E-state index contributed by atoms with van der Waals surface area (Å²) in [7, 11) is 0. The van der Waals surface area contributed by atoms with Gasteiger partial charge in [0.15, 0.2) is 0 Å². The van der Waals surface area contributed by atoms with Crippen LogP contribution in [0.25, 0.3) is 0 Å². The largest absolute Gasteiger partial charge is 0.353 e. The molecule has 0 unspecified atom stereocenters. The van der Waals surface area contributed by atoms with Crippen LogP contribution in [0.2, 0.25) is 5.02 Å². The maximum absolute atomic E-state index is 12.0. The Bertz CT molecular complexity index is 544. The number of nitrogens with zero attached hydrogens (tertiary/aromatic N) is 2. The molecule has 6 nitrogen and oxygen atoms in total. The minimum absolute atomic E-state index is 0.0468. The van der Waals surface area contributed by atoms with Gasteiger partial charge in [0.2, 0.25) is 5.91 Å². The van der Waals surface area contributed by atoms with Crippen molar-refractivity contribution in [2.45, 2.75) is 45.1 Å². The summed E-state index contributed by atoms with van der Waals surface area (Å²) in [6, 6.07) is 0.332. The molecule has 2 rings (SSSR count). The smallest absolute Gasteiger partial charge is 0.271 e. The predicted molar refractivity (Wildman–Crippen MR) is 79.2 cm³/mol. The number of halogens is 1. The number of aromatic nitrogens is 2. The third-order valence-electron chi connectivity index (χ3n) is 3.07. The standard InChI is InChI=1S/C14H19ClN4O2/c1-8(2)13-17-7-10(15)12(19-13)14(21)16-6-5-11(20)18-9-3-4-9/h7-9H,3-6H2,1-2H3,(H,16,21)(H,18,20). The maximum atomic E-state index is 12.0. The normalized spacial score (nSPS) is 14.1. The van der Waals surface area contributed by atoms with E-state index < -0.39 is 0 Å². The summed E-state index contributed by atoms with van der Waals surface area (Å²) in [6.07, 6.45) is 3.78. The molecule has 0 aliphatic heterocycles. The molecule has 1 aliphatic carbocycles. The zero-order valence-corrected chi connectivity index (χ0v) is 12.9. The lowest BCUT2D eigenvalue weighted by Crippen LogP contribution is -2.32. The fraction of sp³-hybridized carbons (Fsp3) is 0.571. The summed E-state index contributed by atoms with van der Waals surface area (Å²) >= 11 is 5.95. The highest BCUT2D eigenvalue weighted by atomic mass is 35.5. The maximum Gasteiger partial charge on any atom is 0.271 e. The van der Waals surface area contributed by atoms with Crippen molar-refractivity contribution in [3.63, 3.8) is 0 Å². The zero-order valence-electron chi connectivity index (χ0n) is 12.1. The van der Waals surface area contributed by atoms with Gasteiger partial charge in [0.05, 0.1) is 11.2 Å². The van der Waals surface area contributed by atoms with Crippen molar-refractivity contribution < 1.29 is 9.59 Å². The van der Waals surface area contributed by atoms with Gasteiger partial charge in [-0.1, -0.05) is 25.4 Å². The molecule has 0 spiro atoms. The molecule has 0 bridgehead atoms. The summed E-state index contributed by atoms with van der Waals surface area (Å²) in [5.41, 5.74) is 0.151. The zero-order chi connectivity index (χ0) is 15.4. The molecule has 1 fully saturated rings. The molecule has 114 valence electrons. The van der Waals surface area contributed by atoms with Crippen LogP contribution in [0.4, 0.5) is 0 Å².